The van der Waals surface area contributed by atoms with Gasteiger partial charge >= 0.3 is 0 Å². The fraction of sp³-hybridized carbons (Fsp3) is 0.222. The second kappa shape index (κ2) is 5.30. The van der Waals surface area contributed by atoms with Crippen LogP contribution >= 0.6 is 0 Å². The van der Waals surface area contributed by atoms with Crippen LogP contribution in [0.15, 0.2) is 48.8 Å². The Morgan fingerprint density at radius 1 is 1.27 bits per heavy atom. The summed E-state index contributed by atoms with van der Waals surface area (Å²) in [7, 11) is 0. The first kappa shape index (κ1) is 13.1. The lowest BCUT2D eigenvalue weighted by atomic mass is 9.87. The quantitative estimate of drug-likeness (QED) is 0.757. The molecule has 0 saturated carbocycles. The monoisotopic (exact) mass is 291 g/mol. The first-order valence-corrected chi connectivity index (χ1v) is 7.63. The van der Waals surface area contributed by atoms with Crippen molar-refractivity contribution in [1.82, 2.24) is 9.97 Å². The fourth-order valence-electron chi connectivity index (χ4n) is 3.24. The number of aromatic amines is 1. The maximum Gasteiger partial charge on any atom is 0.233 e. The molecular formula is C18H17N3O. The summed E-state index contributed by atoms with van der Waals surface area (Å²) in [6.07, 6.45) is 6.72. The van der Waals surface area contributed by atoms with Crippen LogP contribution in [0.25, 0.3) is 10.9 Å². The van der Waals surface area contributed by atoms with Gasteiger partial charge in [-0.3, -0.25) is 9.78 Å². The topological polar surface area (TPSA) is 57.8 Å². The first-order chi connectivity index (χ1) is 10.8. The Hall–Kier alpha value is -2.62. The van der Waals surface area contributed by atoms with Crippen LogP contribution < -0.4 is 5.32 Å². The number of fused-ring (bicyclic) bond motifs is 2. The fourth-order valence-corrected chi connectivity index (χ4v) is 3.24. The van der Waals surface area contributed by atoms with Gasteiger partial charge in [0.1, 0.15) is 0 Å². The van der Waals surface area contributed by atoms with Gasteiger partial charge in [-0.15, -0.1) is 0 Å². The van der Waals surface area contributed by atoms with Crippen molar-refractivity contribution < 1.29 is 4.79 Å². The van der Waals surface area contributed by atoms with Gasteiger partial charge in [0.05, 0.1) is 11.4 Å². The van der Waals surface area contributed by atoms with Crippen molar-refractivity contribution in [3.63, 3.8) is 0 Å². The number of carbonyl (C=O) groups excluding carboxylic acids is 1. The van der Waals surface area contributed by atoms with E-state index in [1.807, 2.05) is 36.5 Å². The molecule has 0 bridgehead atoms. The number of nitrogens with one attached hydrogen (secondary N) is 2. The van der Waals surface area contributed by atoms with Crippen molar-refractivity contribution in [3.05, 3.63) is 60.0 Å². The normalized spacial score (nSPS) is 17.2. The molecule has 110 valence electrons. The average molecular weight is 291 g/mol. The Labute approximate surface area is 128 Å². The molecule has 4 heteroatoms. The number of aromatic nitrogens is 2. The third-order valence-electron chi connectivity index (χ3n) is 4.34. The van der Waals surface area contributed by atoms with Crippen molar-refractivity contribution in [3.8, 4) is 0 Å². The van der Waals surface area contributed by atoms with Crippen LogP contribution in [0.2, 0.25) is 0 Å². The van der Waals surface area contributed by atoms with Crippen LogP contribution in [0.4, 0.5) is 5.69 Å². The summed E-state index contributed by atoms with van der Waals surface area (Å²) in [5.41, 5.74) is 4.11. The van der Waals surface area contributed by atoms with Crippen molar-refractivity contribution in [2.24, 2.45) is 0 Å². The van der Waals surface area contributed by atoms with E-state index in [0.29, 0.717) is 0 Å². The lowest BCUT2D eigenvalue weighted by Crippen LogP contribution is -2.24. The summed E-state index contributed by atoms with van der Waals surface area (Å²) in [6.45, 7) is 0. The van der Waals surface area contributed by atoms with Crippen LogP contribution in [-0.2, 0) is 11.2 Å². The average Bonchev–Trinajstić information content (AvgIpc) is 3.03. The number of aryl methyl sites for hydroxylation is 1. The second-order valence-electron chi connectivity index (χ2n) is 5.76. The lowest BCUT2D eigenvalue weighted by molar-refractivity contribution is -0.117. The number of anilines is 1. The van der Waals surface area contributed by atoms with Crippen molar-refractivity contribution in [2.75, 3.05) is 5.32 Å². The Morgan fingerprint density at radius 3 is 3.18 bits per heavy atom. The molecule has 0 aliphatic heterocycles. The summed E-state index contributed by atoms with van der Waals surface area (Å²) in [4.78, 5) is 20.1. The minimum atomic E-state index is -0.0802. The summed E-state index contributed by atoms with van der Waals surface area (Å²) >= 11 is 0. The van der Waals surface area contributed by atoms with E-state index < -0.39 is 0 Å². The predicted octanol–water partition coefficient (Wildman–Crippen LogP) is 3.62. The zero-order chi connectivity index (χ0) is 14.9. The van der Waals surface area contributed by atoms with Gasteiger partial charge in [-0.25, -0.2) is 0 Å². The maximum atomic E-state index is 12.6. The Morgan fingerprint density at radius 2 is 2.23 bits per heavy atom. The Kier molecular flexibility index (Phi) is 3.15. The van der Waals surface area contributed by atoms with Crippen LogP contribution in [0.3, 0.4) is 0 Å². The van der Waals surface area contributed by atoms with Gasteiger partial charge in [-0.1, -0.05) is 6.07 Å². The highest BCUT2D eigenvalue weighted by atomic mass is 16.1. The van der Waals surface area contributed by atoms with Crippen LogP contribution in [0.1, 0.15) is 30.0 Å². The molecule has 0 saturated heterocycles. The van der Waals surface area contributed by atoms with Gasteiger partial charge in [-0.05, 0) is 55.2 Å². The number of rotatable bonds is 2. The number of pyridine rings is 1. The van der Waals surface area contributed by atoms with Gasteiger partial charge in [0.2, 0.25) is 5.91 Å². The van der Waals surface area contributed by atoms with Gasteiger partial charge in [0.25, 0.3) is 0 Å². The van der Waals surface area contributed by atoms with E-state index in [9.17, 15) is 4.79 Å². The van der Waals surface area contributed by atoms with E-state index in [0.717, 1.165) is 41.5 Å². The molecule has 1 unspecified atom stereocenters. The highest BCUT2D eigenvalue weighted by Crippen LogP contribution is 2.31. The van der Waals surface area contributed by atoms with Gasteiger partial charge in [0.15, 0.2) is 0 Å². The molecule has 4 rings (SSSR count). The SMILES string of the molecule is O=C(Nc1ccc2ncccc2c1)C1CCCc2cc[nH]c21. The summed E-state index contributed by atoms with van der Waals surface area (Å²) in [5, 5.41) is 4.08. The smallest absolute Gasteiger partial charge is 0.233 e. The van der Waals surface area contributed by atoms with Gasteiger partial charge in [-0.2, -0.15) is 0 Å². The molecule has 1 aliphatic rings. The highest BCUT2D eigenvalue weighted by molar-refractivity contribution is 5.97. The molecule has 2 heterocycles. The van der Waals surface area contributed by atoms with Gasteiger partial charge in [0, 0.05) is 29.2 Å². The van der Waals surface area contributed by atoms with E-state index in [2.05, 4.69) is 21.4 Å². The zero-order valence-corrected chi connectivity index (χ0v) is 12.2. The van der Waals surface area contributed by atoms with Crippen molar-refractivity contribution in [1.29, 1.82) is 0 Å². The van der Waals surface area contributed by atoms with Crippen LogP contribution in [0, 0.1) is 0 Å². The molecule has 0 spiro atoms. The second-order valence-corrected chi connectivity index (χ2v) is 5.76. The Bertz CT molecular complexity index is 837. The summed E-state index contributed by atoms with van der Waals surface area (Å²) in [5.74, 6) is -0.0185. The largest absolute Gasteiger partial charge is 0.364 e. The standard InChI is InChI=1S/C18H17N3O/c22-18(15-5-1-3-12-8-10-20-17(12)15)21-14-6-7-16-13(11-14)4-2-9-19-16/h2,4,6-11,15,20H,1,3,5H2,(H,21,22). The van der Waals surface area contributed by atoms with Gasteiger partial charge < -0.3 is 10.3 Å². The molecule has 1 amide bonds. The molecule has 22 heavy (non-hydrogen) atoms. The number of benzene rings is 1. The maximum absolute atomic E-state index is 12.6. The van der Waals surface area contributed by atoms with Crippen molar-refractivity contribution >= 4 is 22.5 Å². The minimum Gasteiger partial charge on any atom is -0.364 e. The molecule has 1 aromatic carbocycles. The van der Waals surface area contributed by atoms with E-state index in [1.54, 1.807) is 6.20 Å². The molecular weight excluding hydrogens is 274 g/mol. The summed E-state index contributed by atoms with van der Waals surface area (Å²) in [6, 6.07) is 11.8. The Balaban J connectivity index is 1.59. The molecule has 3 aromatic rings. The number of nitrogens with zero attached hydrogens (tertiary/aromatic N) is 1. The predicted molar refractivity (Wildman–Crippen MR) is 86.8 cm³/mol. The zero-order valence-electron chi connectivity index (χ0n) is 12.2. The number of carbonyl (C=O) groups is 1. The molecule has 0 radical (unpaired) electrons. The molecule has 1 atom stereocenters. The third-order valence-corrected chi connectivity index (χ3v) is 4.34. The lowest BCUT2D eigenvalue weighted by Gasteiger charge is -2.21. The number of H-pyrrole nitrogens is 1. The molecule has 1 aliphatic carbocycles. The number of hydrogen-bond acceptors (Lipinski definition) is 2. The third kappa shape index (κ3) is 2.26. The van der Waals surface area contributed by atoms with Crippen LogP contribution in [0.5, 0.6) is 0 Å². The highest BCUT2D eigenvalue weighted by Gasteiger charge is 2.27. The number of amides is 1. The van der Waals surface area contributed by atoms with Crippen LogP contribution in [-0.4, -0.2) is 15.9 Å². The van der Waals surface area contributed by atoms with E-state index >= 15 is 0 Å². The first-order valence-electron chi connectivity index (χ1n) is 7.63. The number of hydrogen-bond donors (Lipinski definition) is 2. The molecule has 2 N–H and O–H groups in total. The molecule has 2 aromatic heterocycles. The van der Waals surface area contributed by atoms with E-state index in [4.69, 9.17) is 0 Å². The summed E-state index contributed by atoms with van der Waals surface area (Å²) < 4.78 is 0. The van der Waals surface area contributed by atoms with E-state index in [1.165, 1.54) is 5.56 Å². The minimum absolute atomic E-state index is 0.0617. The molecule has 4 nitrogen and oxygen atoms in total. The molecule has 0 fully saturated rings. The van der Waals surface area contributed by atoms with Crippen molar-refractivity contribution in [2.45, 2.75) is 25.2 Å². The van der Waals surface area contributed by atoms with E-state index in [-0.39, 0.29) is 11.8 Å².